The minimum Gasteiger partial charge on any atom is -0.395 e. The van der Waals surface area contributed by atoms with E-state index < -0.39 is 0 Å². The standard InChI is InChI=1S/C14H16BrN7O/c1-8-2-3-9(6-18-8)7-22-12-10(19-13(22)15)11(16)20-14(21-12)17-4-5-23/h2-3,6,23H,4-5,7H2,1H3,(H3,16,17,20,21). The number of halogens is 1. The van der Waals surface area contributed by atoms with Crippen molar-refractivity contribution in [2.24, 2.45) is 0 Å². The summed E-state index contributed by atoms with van der Waals surface area (Å²) in [5.41, 5.74) is 9.10. The zero-order valence-corrected chi connectivity index (χ0v) is 14.1. The summed E-state index contributed by atoms with van der Waals surface area (Å²) in [7, 11) is 0. The van der Waals surface area contributed by atoms with Gasteiger partial charge in [-0.05, 0) is 34.5 Å². The molecule has 3 rings (SSSR count). The number of aryl methyl sites for hydroxylation is 1. The van der Waals surface area contributed by atoms with Crippen molar-refractivity contribution < 1.29 is 5.11 Å². The molecule has 3 heterocycles. The van der Waals surface area contributed by atoms with Gasteiger partial charge in [0.15, 0.2) is 21.7 Å². The van der Waals surface area contributed by atoms with Crippen molar-refractivity contribution in [3.63, 3.8) is 0 Å². The molecule has 0 spiro atoms. The summed E-state index contributed by atoms with van der Waals surface area (Å²) in [5, 5.41) is 11.8. The molecule has 0 fully saturated rings. The van der Waals surface area contributed by atoms with Gasteiger partial charge in [0, 0.05) is 18.4 Å². The number of aliphatic hydroxyl groups is 1. The molecule has 23 heavy (non-hydrogen) atoms. The largest absolute Gasteiger partial charge is 0.395 e. The molecule has 0 saturated carbocycles. The van der Waals surface area contributed by atoms with Gasteiger partial charge < -0.3 is 16.2 Å². The smallest absolute Gasteiger partial charge is 0.226 e. The fraction of sp³-hybridized carbons (Fsp3) is 0.286. The van der Waals surface area contributed by atoms with Crippen molar-refractivity contribution in [1.82, 2.24) is 24.5 Å². The number of aliphatic hydroxyl groups excluding tert-OH is 1. The summed E-state index contributed by atoms with van der Waals surface area (Å²) >= 11 is 3.44. The lowest BCUT2D eigenvalue weighted by Crippen LogP contribution is -2.11. The number of anilines is 2. The Morgan fingerprint density at radius 1 is 1.30 bits per heavy atom. The zero-order chi connectivity index (χ0) is 16.4. The van der Waals surface area contributed by atoms with Crippen LogP contribution in [-0.2, 0) is 6.54 Å². The van der Waals surface area contributed by atoms with Gasteiger partial charge in [-0.1, -0.05) is 6.07 Å². The first-order valence-corrected chi connectivity index (χ1v) is 7.83. The summed E-state index contributed by atoms with van der Waals surface area (Å²) in [4.78, 5) is 17.3. The van der Waals surface area contributed by atoms with Crippen LogP contribution in [0.1, 0.15) is 11.3 Å². The lowest BCUT2D eigenvalue weighted by molar-refractivity contribution is 0.311. The number of rotatable bonds is 5. The summed E-state index contributed by atoms with van der Waals surface area (Å²) in [6.45, 7) is 2.83. The number of fused-ring (bicyclic) bond motifs is 1. The van der Waals surface area contributed by atoms with E-state index in [1.54, 1.807) is 0 Å². The average Bonchev–Trinajstić information content (AvgIpc) is 2.84. The Labute approximate surface area is 140 Å². The SMILES string of the molecule is Cc1ccc(Cn2c(Br)nc3c(N)nc(NCCO)nc32)cn1. The number of hydrogen-bond donors (Lipinski definition) is 3. The number of nitrogens with one attached hydrogen (secondary N) is 1. The molecule has 0 aliphatic rings. The van der Waals surface area contributed by atoms with Crippen LogP contribution in [-0.4, -0.2) is 42.8 Å². The summed E-state index contributed by atoms with van der Waals surface area (Å²) < 4.78 is 2.51. The van der Waals surface area contributed by atoms with Gasteiger partial charge in [-0.3, -0.25) is 9.55 Å². The Balaban J connectivity index is 2.02. The minimum absolute atomic E-state index is 0.0146. The van der Waals surface area contributed by atoms with Gasteiger partial charge in [-0.2, -0.15) is 9.97 Å². The number of imidazole rings is 1. The average molecular weight is 378 g/mol. The fourth-order valence-electron chi connectivity index (χ4n) is 2.16. The van der Waals surface area contributed by atoms with Gasteiger partial charge in [0.05, 0.1) is 13.2 Å². The highest BCUT2D eigenvalue weighted by Gasteiger charge is 2.15. The quantitative estimate of drug-likeness (QED) is 0.574. The van der Waals surface area contributed by atoms with Gasteiger partial charge >= 0.3 is 0 Å². The molecule has 0 unspecified atom stereocenters. The predicted molar refractivity (Wildman–Crippen MR) is 91.1 cm³/mol. The highest BCUT2D eigenvalue weighted by atomic mass is 79.9. The molecule has 0 saturated heterocycles. The van der Waals surface area contributed by atoms with Crippen molar-refractivity contribution in [3.05, 3.63) is 34.3 Å². The lowest BCUT2D eigenvalue weighted by Gasteiger charge is -2.08. The number of aromatic nitrogens is 5. The van der Waals surface area contributed by atoms with Crippen LogP contribution in [0.3, 0.4) is 0 Å². The van der Waals surface area contributed by atoms with Crippen molar-refractivity contribution in [2.45, 2.75) is 13.5 Å². The number of nitrogens with zero attached hydrogens (tertiary/aromatic N) is 5. The van der Waals surface area contributed by atoms with Crippen LogP contribution in [0.2, 0.25) is 0 Å². The van der Waals surface area contributed by atoms with E-state index in [0.29, 0.717) is 34.9 Å². The topological polar surface area (TPSA) is 115 Å². The summed E-state index contributed by atoms with van der Waals surface area (Å²) in [6, 6.07) is 3.97. The molecule has 0 atom stereocenters. The Morgan fingerprint density at radius 2 is 2.13 bits per heavy atom. The van der Waals surface area contributed by atoms with E-state index in [1.807, 2.05) is 29.8 Å². The highest BCUT2D eigenvalue weighted by Crippen LogP contribution is 2.24. The van der Waals surface area contributed by atoms with E-state index in [2.05, 4.69) is 41.2 Å². The van der Waals surface area contributed by atoms with Crippen LogP contribution in [0.5, 0.6) is 0 Å². The van der Waals surface area contributed by atoms with Crippen molar-refractivity contribution in [1.29, 1.82) is 0 Å². The molecule has 0 amide bonds. The normalized spacial score (nSPS) is 11.1. The van der Waals surface area contributed by atoms with Crippen LogP contribution in [0.15, 0.2) is 23.1 Å². The molecule has 3 aromatic heterocycles. The maximum atomic E-state index is 8.90. The molecular weight excluding hydrogens is 362 g/mol. The van der Waals surface area contributed by atoms with E-state index >= 15 is 0 Å². The van der Waals surface area contributed by atoms with Gasteiger partial charge in [-0.15, -0.1) is 0 Å². The van der Waals surface area contributed by atoms with Crippen LogP contribution in [0.25, 0.3) is 11.2 Å². The third-order valence-electron chi connectivity index (χ3n) is 3.28. The third-order valence-corrected chi connectivity index (χ3v) is 3.89. The fourth-order valence-corrected chi connectivity index (χ4v) is 2.63. The van der Waals surface area contributed by atoms with Crippen LogP contribution in [0, 0.1) is 6.92 Å². The second-order valence-corrected chi connectivity index (χ2v) is 5.74. The molecule has 120 valence electrons. The number of hydrogen-bond acceptors (Lipinski definition) is 7. The van der Waals surface area contributed by atoms with Crippen LogP contribution >= 0.6 is 15.9 Å². The number of nitrogens with two attached hydrogens (primary N) is 1. The van der Waals surface area contributed by atoms with Gasteiger partial charge in [0.1, 0.15) is 0 Å². The molecule has 0 aliphatic carbocycles. The maximum absolute atomic E-state index is 8.90. The van der Waals surface area contributed by atoms with E-state index in [0.717, 1.165) is 11.3 Å². The molecule has 8 nitrogen and oxygen atoms in total. The molecule has 0 bridgehead atoms. The Kier molecular flexibility index (Phi) is 4.39. The first kappa shape index (κ1) is 15.6. The van der Waals surface area contributed by atoms with Crippen LogP contribution in [0.4, 0.5) is 11.8 Å². The molecular formula is C14H16BrN7O. The Bertz CT molecular complexity index is 831. The first-order chi connectivity index (χ1) is 11.1. The van der Waals surface area contributed by atoms with E-state index in [9.17, 15) is 0 Å². The molecule has 9 heteroatoms. The zero-order valence-electron chi connectivity index (χ0n) is 12.5. The predicted octanol–water partition coefficient (Wildman–Crippen LogP) is 1.33. The summed E-state index contributed by atoms with van der Waals surface area (Å²) in [6.07, 6.45) is 1.82. The first-order valence-electron chi connectivity index (χ1n) is 7.04. The molecule has 3 aromatic rings. The molecule has 4 N–H and O–H groups in total. The van der Waals surface area contributed by atoms with Gasteiger partial charge in [0.25, 0.3) is 0 Å². The second kappa shape index (κ2) is 6.47. The Morgan fingerprint density at radius 3 is 2.83 bits per heavy atom. The van der Waals surface area contributed by atoms with Crippen LogP contribution < -0.4 is 11.1 Å². The highest BCUT2D eigenvalue weighted by molar-refractivity contribution is 9.10. The Hall–Kier alpha value is -2.26. The van der Waals surface area contributed by atoms with Gasteiger partial charge in [0.2, 0.25) is 5.95 Å². The van der Waals surface area contributed by atoms with Crippen molar-refractivity contribution in [2.75, 3.05) is 24.2 Å². The molecule has 0 aromatic carbocycles. The number of pyridine rings is 1. The van der Waals surface area contributed by atoms with E-state index in [4.69, 9.17) is 10.8 Å². The van der Waals surface area contributed by atoms with E-state index in [1.165, 1.54) is 0 Å². The molecule has 0 aliphatic heterocycles. The monoisotopic (exact) mass is 377 g/mol. The minimum atomic E-state index is -0.0146. The van der Waals surface area contributed by atoms with Crippen molar-refractivity contribution in [3.8, 4) is 0 Å². The number of nitrogen functional groups attached to an aromatic ring is 1. The van der Waals surface area contributed by atoms with Crippen molar-refractivity contribution >= 4 is 38.9 Å². The maximum Gasteiger partial charge on any atom is 0.226 e. The van der Waals surface area contributed by atoms with Gasteiger partial charge in [-0.25, -0.2) is 4.98 Å². The van der Waals surface area contributed by atoms with E-state index in [-0.39, 0.29) is 12.4 Å². The summed E-state index contributed by atoms with van der Waals surface area (Å²) in [5.74, 6) is 0.650. The second-order valence-electron chi connectivity index (χ2n) is 5.03. The lowest BCUT2D eigenvalue weighted by atomic mass is 10.2. The molecule has 0 radical (unpaired) electrons. The third kappa shape index (κ3) is 3.25.